The topological polar surface area (TPSA) is 44.9 Å². The van der Waals surface area contributed by atoms with Gasteiger partial charge < -0.3 is 10.3 Å². The summed E-state index contributed by atoms with van der Waals surface area (Å²) in [4.78, 5) is 16.8. The van der Waals surface area contributed by atoms with E-state index in [1.54, 1.807) is 0 Å². The van der Waals surface area contributed by atoms with Crippen LogP contribution in [0.2, 0.25) is 5.02 Å². The molecular formula is C25H23ClN2O. The van der Waals surface area contributed by atoms with Crippen LogP contribution < -0.4 is 5.32 Å². The van der Waals surface area contributed by atoms with Crippen LogP contribution in [0.5, 0.6) is 0 Å². The lowest BCUT2D eigenvalue weighted by Gasteiger charge is -2.23. The summed E-state index contributed by atoms with van der Waals surface area (Å²) in [6, 6.07) is 25.3. The van der Waals surface area contributed by atoms with Crippen molar-refractivity contribution in [1.82, 2.24) is 10.3 Å². The Morgan fingerprint density at radius 2 is 1.66 bits per heavy atom. The number of hydrogen-bond donors (Lipinski definition) is 2. The zero-order chi connectivity index (χ0) is 20.2. The van der Waals surface area contributed by atoms with Gasteiger partial charge in [-0.3, -0.25) is 4.79 Å². The summed E-state index contributed by atoms with van der Waals surface area (Å²) < 4.78 is 0. The van der Waals surface area contributed by atoms with E-state index >= 15 is 0 Å². The zero-order valence-electron chi connectivity index (χ0n) is 16.2. The molecule has 2 N–H and O–H groups in total. The second-order valence-electron chi connectivity index (χ2n) is 7.35. The van der Waals surface area contributed by atoms with Crippen molar-refractivity contribution in [2.45, 2.75) is 25.4 Å². The van der Waals surface area contributed by atoms with Crippen LogP contribution >= 0.6 is 11.6 Å². The molecule has 0 fully saturated rings. The zero-order valence-corrected chi connectivity index (χ0v) is 17.0. The Bertz CT molecular complexity index is 1100. The van der Waals surface area contributed by atoms with E-state index in [4.69, 9.17) is 11.6 Å². The molecule has 0 aliphatic carbocycles. The number of ketones is 1. The normalized spacial score (nSPS) is 13.3. The van der Waals surface area contributed by atoms with E-state index in [2.05, 4.69) is 17.2 Å². The van der Waals surface area contributed by atoms with Crippen molar-refractivity contribution in [3.05, 3.63) is 107 Å². The van der Waals surface area contributed by atoms with E-state index in [9.17, 15) is 4.79 Å². The summed E-state index contributed by atoms with van der Waals surface area (Å²) in [7, 11) is 0. The summed E-state index contributed by atoms with van der Waals surface area (Å²) >= 11 is 6.00. The van der Waals surface area contributed by atoms with Crippen LogP contribution in [0.3, 0.4) is 0 Å². The molecule has 0 aliphatic rings. The average Bonchev–Trinajstić information content (AvgIpc) is 3.18. The smallest absolute Gasteiger partial charge is 0.186 e. The van der Waals surface area contributed by atoms with Gasteiger partial charge in [0.05, 0.1) is 6.04 Å². The lowest BCUT2D eigenvalue weighted by atomic mass is 9.95. The molecule has 29 heavy (non-hydrogen) atoms. The third-order valence-corrected chi connectivity index (χ3v) is 5.41. The van der Waals surface area contributed by atoms with Crippen molar-refractivity contribution in [3.63, 3.8) is 0 Å². The lowest BCUT2D eigenvalue weighted by Crippen LogP contribution is -2.36. The molecule has 2 atom stereocenters. The minimum atomic E-state index is -0.419. The Labute approximate surface area is 175 Å². The fourth-order valence-corrected chi connectivity index (χ4v) is 3.84. The maximum absolute atomic E-state index is 13.6. The summed E-state index contributed by atoms with van der Waals surface area (Å²) in [5.74, 6) is 0.0663. The first-order valence-corrected chi connectivity index (χ1v) is 10.2. The molecule has 4 heteroatoms. The van der Waals surface area contributed by atoms with E-state index in [1.165, 1.54) is 5.56 Å². The number of aromatic nitrogens is 1. The number of para-hydroxylation sites is 1. The number of fused-ring (bicyclic) bond motifs is 1. The van der Waals surface area contributed by atoms with Crippen LogP contribution in [-0.4, -0.2) is 16.8 Å². The third-order valence-electron chi connectivity index (χ3n) is 5.16. The van der Waals surface area contributed by atoms with Crippen LogP contribution in [0.15, 0.2) is 85.1 Å². The van der Waals surface area contributed by atoms with Gasteiger partial charge in [0.25, 0.3) is 0 Å². The SMILES string of the molecule is C[C@@H](Cc1ccc(Cl)cc1)NC(C(=O)c1c[nH]c2ccccc12)c1ccccc1. The summed E-state index contributed by atoms with van der Waals surface area (Å²) in [5, 5.41) is 5.23. The number of hydrogen-bond acceptors (Lipinski definition) is 2. The number of rotatable bonds is 7. The first kappa shape index (κ1) is 19.4. The molecule has 0 saturated heterocycles. The fraction of sp³-hybridized carbons (Fsp3) is 0.160. The molecular weight excluding hydrogens is 380 g/mol. The molecule has 0 radical (unpaired) electrons. The number of aromatic amines is 1. The molecule has 3 aromatic carbocycles. The number of benzene rings is 3. The number of Topliss-reactive ketones (excluding diaryl/α,β-unsaturated/α-hetero) is 1. The molecule has 1 aromatic heterocycles. The summed E-state index contributed by atoms with van der Waals surface area (Å²) in [6.07, 6.45) is 2.62. The van der Waals surface area contributed by atoms with Gasteiger partial charge in [0.15, 0.2) is 5.78 Å². The standard InChI is InChI=1S/C25H23ClN2O/c1-17(15-18-11-13-20(26)14-12-18)28-24(19-7-3-2-4-8-19)25(29)22-16-27-23-10-6-5-9-21(22)23/h2-14,16-17,24,27-28H,15H2,1H3/t17-,24?/m0/s1. The van der Waals surface area contributed by atoms with Gasteiger partial charge in [0.1, 0.15) is 0 Å². The number of H-pyrrole nitrogens is 1. The Morgan fingerprint density at radius 1 is 0.966 bits per heavy atom. The average molecular weight is 403 g/mol. The molecule has 1 unspecified atom stereocenters. The van der Waals surface area contributed by atoms with Crippen LogP contribution in [0.1, 0.15) is 34.5 Å². The summed E-state index contributed by atoms with van der Waals surface area (Å²) in [6.45, 7) is 2.10. The second-order valence-corrected chi connectivity index (χ2v) is 7.79. The van der Waals surface area contributed by atoms with Crippen molar-refractivity contribution >= 4 is 28.3 Å². The molecule has 0 saturated carbocycles. The predicted molar refractivity (Wildman–Crippen MR) is 120 cm³/mol. The van der Waals surface area contributed by atoms with Crippen molar-refractivity contribution in [2.24, 2.45) is 0 Å². The van der Waals surface area contributed by atoms with Crippen molar-refractivity contribution in [1.29, 1.82) is 0 Å². The quantitative estimate of drug-likeness (QED) is 0.374. The predicted octanol–water partition coefficient (Wildman–Crippen LogP) is 5.97. The second kappa shape index (κ2) is 8.64. The van der Waals surface area contributed by atoms with E-state index in [-0.39, 0.29) is 11.8 Å². The van der Waals surface area contributed by atoms with Gasteiger partial charge in [-0.2, -0.15) is 0 Å². The molecule has 1 heterocycles. The van der Waals surface area contributed by atoms with E-state index in [0.29, 0.717) is 5.56 Å². The maximum atomic E-state index is 13.6. The first-order chi connectivity index (χ1) is 14.1. The highest BCUT2D eigenvalue weighted by atomic mass is 35.5. The highest BCUT2D eigenvalue weighted by molar-refractivity contribution is 6.30. The van der Waals surface area contributed by atoms with Gasteiger partial charge in [0, 0.05) is 33.7 Å². The maximum Gasteiger partial charge on any atom is 0.186 e. The molecule has 3 nitrogen and oxygen atoms in total. The van der Waals surface area contributed by atoms with Crippen molar-refractivity contribution in [2.75, 3.05) is 0 Å². The molecule has 0 spiro atoms. The van der Waals surface area contributed by atoms with Crippen LogP contribution in [0.4, 0.5) is 0 Å². The number of carbonyl (C=O) groups excluding carboxylic acids is 1. The largest absolute Gasteiger partial charge is 0.360 e. The minimum Gasteiger partial charge on any atom is -0.360 e. The van der Waals surface area contributed by atoms with E-state index < -0.39 is 6.04 Å². The number of halogens is 1. The van der Waals surface area contributed by atoms with Gasteiger partial charge in [-0.15, -0.1) is 0 Å². The Morgan fingerprint density at radius 3 is 2.41 bits per heavy atom. The van der Waals surface area contributed by atoms with Gasteiger partial charge in [-0.1, -0.05) is 72.3 Å². The third kappa shape index (κ3) is 4.42. The number of carbonyl (C=O) groups is 1. The van der Waals surface area contributed by atoms with Gasteiger partial charge in [0.2, 0.25) is 0 Å². The van der Waals surface area contributed by atoms with Crippen LogP contribution in [-0.2, 0) is 6.42 Å². The first-order valence-electron chi connectivity index (χ1n) is 9.77. The van der Waals surface area contributed by atoms with Gasteiger partial charge in [-0.25, -0.2) is 0 Å². The molecule has 0 aliphatic heterocycles. The molecule has 4 aromatic rings. The summed E-state index contributed by atoms with van der Waals surface area (Å²) in [5.41, 5.74) is 3.82. The number of nitrogens with one attached hydrogen (secondary N) is 2. The van der Waals surface area contributed by atoms with Gasteiger partial charge >= 0.3 is 0 Å². The van der Waals surface area contributed by atoms with Gasteiger partial charge in [-0.05, 0) is 42.7 Å². The molecule has 146 valence electrons. The Balaban J connectivity index is 1.61. The monoisotopic (exact) mass is 402 g/mol. The fourth-order valence-electron chi connectivity index (χ4n) is 3.72. The molecule has 0 bridgehead atoms. The minimum absolute atomic E-state index is 0.0663. The van der Waals surface area contributed by atoms with Crippen LogP contribution in [0, 0.1) is 0 Å². The van der Waals surface area contributed by atoms with E-state index in [1.807, 2.05) is 85.1 Å². The molecule has 0 amide bonds. The van der Waals surface area contributed by atoms with Crippen molar-refractivity contribution < 1.29 is 4.79 Å². The Kier molecular flexibility index (Phi) is 5.79. The Hall–Kier alpha value is -2.88. The van der Waals surface area contributed by atoms with Crippen LogP contribution in [0.25, 0.3) is 10.9 Å². The lowest BCUT2D eigenvalue weighted by molar-refractivity contribution is 0.0938. The highest BCUT2D eigenvalue weighted by Gasteiger charge is 2.25. The van der Waals surface area contributed by atoms with E-state index in [0.717, 1.165) is 27.9 Å². The molecule has 4 rings (SSSR count). The van der Waals surface area contributed by atoms with Crippen molar-refractivity contribution in [3.8, 4) is 0 Å². The highest BCUT2D eigenvalue weighted by Crippen LogP contribution is 2.25.